The molecule has 2 aromatic carbocycles. The smallest absolute Gasteiger partial charge is 0.127 e. The molecule has 0 spiro atoms. The molecule has 1 nitrogen and oxygen atoms in total. The van der Waals surface area contributed by atoms with Gasteiger partial charge in [-0.25, -0.2) is 4.39 Å². The summed E-state index contributed by atoms with van der Waals surface area (Å²) < 4.78 is 13.5. The Morgan fingerprint density at radius 3 is 2.55 bits per heavy atom. The number of rotatable bonds is 5. The molecule has 0 fully saturated rings. The monoisotopic (exact) mass is 291 g/mol. The standard InChI is InChI=1S/C17H19ClFN/c1-3-20-17(10-13-7-5-4-6-8-13)14-9-12(2)16(19)11-15(14)18/h4-9,11,17,20H,3,10H2,1-2H3. The van der Waals surface area contributed by atoms with Crippen LogP contribution in [0.3, 0.4) is 0 Å². The highest BCUT2D eigenvalue weighted by Crippen LogP contribution is 2.28. The minimum atomic E-state index is -0.256. The molecule has 0 amide bonds. The van der Waals surface area contributed by atoms with Crippen LogP contribution in [-0.2, 0) is 6.42 Å². The third-order valence-electron chi connectivity index (χ3n) is 3.39. The van der Waals surface area contributed by atoms with Crippen molar-refractivity contribution in [1.29, 1.82) is 0 Å². The largest absolute Gasteiger partial charge is 0.310 e. The quantitative estimate of drug-likeness (QED) is 0.843. The highest BCUT2D eigenvalue weighted by atomic mass is 35.5. The van der Waals surface area contributed by atoms with Crippen LogP contribution in [0.5, 0.6) is 0 Å². The molecule has 106 valence electrons. The molecule has 1 N–H and O–H groups in total. The molecule has 1 unspecified atom stereocenters. The first-order valence-corrected chi connectivity index (χ1v) is 7.22. The fraction of sp³-hybridized carbons (Fsp3) is 0.294. The van der Waals surface area contributed by atoms with Crippen molar-refractivity contribution in [3.63, 3.8) is 0 Å². The number of benzene rings is 2. The maximum atomic E-state index is 13.5. The second kappa shape index (κ2) is 6.87. The maximum Gasteiger partial charge on any atom is 0.127 e. The van der Waals surface area contributed by atoms with Gasteiger partial charge >= 0.3 is 0 Å². The minimum Gasteiger partial charge on any atom is -0.310 e. The van der Waals surface area contributed by atoms with Gasteiger partial charge in [0.1, 0.15) is 5.82 Å². The minimum absolute atomic E-state index is 0.0919. The molecule has 0 saturated heterocycles. The highest BCUT2D eigenvalue weighted by Gasteiger charge is 2.16. The molecular weight excluding hydrogens is 273 g/mol. The molecule has 0 aromatic heterocycles. The molecule has 3 heteroatoms. The lowest BCUT2D eigenvalue weighted by Gasteiger charge is -2.20. The van der Waals surface area contributed by atoms with Crippen molar-refractivity contribution >= 4 is 11.6 Å². The Balaban J connectivity index is 2.31. The van der Waals surface area contributed by atoms with Crippen LogP contribution in [-0.4, -0.2) is 6.54 Å². The molecule has 0 aliphatic heterocycles. The zero-order chi connectivity index (χ0) is 14.5. The number of halogens is 2. The van der Waals surface area contributed by atoms with Crippen LogP contribution in [0.25, 0.3) is 0 Å². The second-order valence-corrected chi connectivity index (χ2v) is 5.33. The van der Waals surface area contributed by atoms with E-state index < -0.39 is 0 Å². The van der Waals surface area contributed by atoms with E-state index in [0.29, 0.717) is 10.6 Å². The van der Waals surface area contributed by atoms with E-state index in [1.54, 1.807) is 6.92 Å². The highest BCUT2D eigenvalue weighted by molar-refractivity contribution is 6.31. The summed E-state index contributed by atoms with van der Waals surface area (Å²) in [6.07, 6.45) is 0.833. The molecule has 0 saturated carbocycles. The SMILES string of the molecule is CCNC(Cc1ccccc1)c1cc(C)c(F)cc1Cl. The number of hydrogen-bond acceptors (Lipinski definition) is 1. The molecule has 0 aliphatic carbocycles. The summed E-state index contributed by atoms with van der Waals surface area (Å²) in [6, 6.07) is 13.6. The normalized spacial score (nSPS) is 12.4. The zero-order valence-corrected chi connectivity index (χ0v) is 12.5. The molecule has 0 bridgehead atoms. The molecule has 1 atom stereocenters. The van der Waals surface area contributed by atoms with Crippen molar-refractivity contribution in [3.05, 3.63) is 70.0 Å². The molecule has 0 radical (unpaired) electrons. The van der Waals surface area contributed by atoms with Gasteiger partial charge in [0.25, 0.3) is 0 Å². The first kappa shape index (κ1) is 15.0. The summed E-state index contributed by atoms with van der Waals surface area (Å²) in [4.78, 5) is 0. The van der Waals surface area contributed by atoms with E-state index in [2.05, 4.69) is 24.4 Å². The van der Waals surface area contributed by atoms with Crippen molar-refractivity contribution in [1.82, 2.24) is 5.32 Å². The van der Waals surface area contributed by atoms with Crippen LogP contribution >= 0.6 is 11.6 Å². The van der Waals surface area contributed by atoms with E-state index in [-0.39, 0.29) is 11.9 Å². The van der Waals surface area contributed by atoms with Crippen molar-refractivity contribution < 1.29 is 4.39 Å². The maximum absolute atomic E-state index is 13.5. The van der Waals surface area contributed by atoms with Crippen LogP contribution in [0.2, 0.25) is 5.02 Å². The number of aryl methyl sites for hydroxylation is 1. The number of hydrogen-bond donors (Lipinski definition) is 1. The van der Waals surface area contributed by atoms with Gasteiger partial charge in [-0.2, -0.15) is 0 Å². The average molecular weight is 292 g/mol. The number of likely N-dealkylation sites (N-methyl/N-ethyl adjacent to an activating group) is 1. The summed E-state index contributed by atoms with van der Waals surface area (Å²) in [5, 5.41) is 3.91. The Morgan fingerprint density at radius 1 is 1.20 bits per heavy atom. The van der Waals surface area contributed by atoms with Crippen LogP contribution in [0.15, 0.2) is 42.5 Å². The Labute approximate surface area is 124 Å². The van der Waals surface area contributed by atoms with Crippen molar-refractivity contribution in [2.45, 2.75) is 26.3 Å². The van der Waals surface area contributed by atoms with Crippen molar-refractivity contribution in [2.75, 3.05) is 6.54 Å². The lowest BCUT2D eigenvalue weighted by atomic mass is 9.97. The topological polar surface area (TPSA) is 12.0 Å². The van der Waals surface area contributed by atoms with E-state index in [1.165, 1.54) is 11.6 Å². The first-order valence-electron chi connectivity index (χ1n) is 6.84. The predicted molar refractivity (Wildman–Crippen MR) is 82.7 cm³/mol. The van der Waals surface area contributed by atoms with Gasteiger partial charge in [-0.15, -0.1) is 0 Å². The molecule has 2 aromatic rings. The van der Waals surface area contributed by atoms with Gasteiger partial charge in [0, 0.05) is 11.1 Å². The summed E-state index contributed by atoms with van der Waals surface area (Å²) in [5.74, 6) is -0.256. The van der Waals surface area contributed by atoms with E-state index in [4.69, 9.17) is 11.6 Å². The van der Waals surface area contributed by atoms with E-state index in [1.807, 2.05) is 24.3 Å². The number of nitrogens with one attached hydrogen (secondary N) is 1. The summed E-state index contributed by atoms with van der Waals surface area (Å²) >= 11 is 6.22. The average Bonchev–Trinajstić information content (AvgIpc) is 2.44. The van der Waals surface area contributed by atoms with Crippen LogP contribution < -0.4 is 5.32 Å². The summed E-state index contributed by atoms with van der Waals surface area (Å²) in [5.41, 5.74) is 2.81. The van der Waals surface area contributed by atoms with Gasteiger partial charge in [-0.05, 0) is 42.6 Å². The van der Waals surface area contributed by atoms with Gasteiger partial charge in [0.2, 0.25) is 0 Å². The Hall–Kier alpha value is -1.38. The van der Waals surface area contributed by atoms with E-state index in [0.717, 1.165) is 18.5 Å². The zero-order valence-electron chi connectivity index (χ0n) is 11.8. The van der Waals surface area contributed by atoms with E-state index in [9.17, 15) is 4.39 Å². The molecule has 2 rings (SSSR count). The van der Waals surface area contributed by atoms with Gasteiger partial charge in [-0.3, -0.25) is 0 Å². The predicted octanol–water partition coefficient (Wildman–Crippen LogP) is 4.68. The summed E-state index contributed by atoms with van der Waals surface area (Å²) in [6.45, 7) is 4.66. The molecular formula is C17H19ClFN. The van der Waals surface area contributed by atoms with Crippen molar-refractivity contribution in [3.8, 4) is 0 Å². The third kappa shape index (κ3) is 3.59. The van der Waals surface area contributed by atoms with Gasteiger partial charge < -0.3 is 5.32 Å². The molecule has 0 heterocycles. The fourth-order valence-electron chi connectivity index (χ4n) is 2.33. The van der Waals surface area contributed by atoms with Crippen molar-refractivity contribution in [2.24, 2.45) is 0 Å². The summed E-state index contributed by atoms with van der Waals surface area (Å²) in [7, 11) is 0. The van der Waals surface area contributed by atoms with Crippen LogP contribution in [0.4, 0.5) is 4.39 Å². The molecule has 0 aliphatic rings. The van der Waals surface area contributed by atoms with Gasteiger partial charge in [0.15, 0.2) is 0 Å². The fourth-order valence-corrected chi connectivity index (χ4v) is 2.62. The first-order chi connectivity index (χ1) is 9.61. The van der Waals surface area contributed by atoms with Gasteiger partial charge in [0.05, 0.1) is 0 Å². The third-order valence-corrected chi connectivity index (χ3v) is 3.71. The second-order valence-electron chi connectivity index (χ2n) is 4.92. The molecule has 20 heavy (non-hydrogen) atoms. The Kier molecular flexibility index (Phi) is 5.16. The van der Waals surface area contributed by atoms with Gasteiger partial charge in [-0.1, -0.05) is 54.9 Å². The lowest BCUT2D eigenvalue weighted by molar-refractivity contribution is 0.546. The van der Waals surface area contributed by atoms with Crippen LogP contribution in [0.1, 0.15) is 29.7 Å². The van der Waals surface area contributed by atoms with E-state index >= 15 is 0 Å². The Bertz CT molecular complexity index is 569. The lowest BCUT2D eigenvalue weighted by Crippen LogP contribution is -2.23. The van der Waals surface area contributed by atoms with Crippen LogP contribution in [0, 0.1) is 12.7 Å². The Morgan fingerprint density at radius 2 is 1.90 bits per heavy atom.